The summed E-state index contributed by atoms with van der Waals surface area (Å²) in [4.78, 5) is 37.7. The summed E-state index contributed by atoms with van der Waals surface area (Å²) >= 11 is 0. The molecule has 2 N–H and O–H groups in total. The number of piperidine rings is 1. The monoisotopic (exact) mass is 572 g/mol. The maximum atomic E-state index is 13.3. The Labute approximate surface area is 251 Å². The van der Waals surface area contributed by atoms with Crippen LogP contribution in [-0.4, -0.2) is 63.9 Å². The molecule has 6 rings (SSSR count). The van der Waals surface area contributed by atoms with Gasteiger partial charge in [0.25, 0.3) is 0 Å². The van der Waals surface area contributed by atoms with E-state index < -0.39 is 5.41 Å². The number of nitrogens with zero attached hydrogens (tertiary/aromatic N) is 3. The standard InChI is InChI=1S/C36H36N4O3/c1-39(2)35(43)36(23-26-7-4-3-5-8-26)16-19-40(20-17-36)33(41)21-25-11-13-27(14-12-25)29-9-6-10-30(34(29)42)32-22-28-24-37-18-15-31(28)38-32/h3-15,18,22,24,38,42H,16-17,19-21,23H2,1-2H3. The third-order valence-corrected chi connectivity index (χ3v) is 8.69. The molecule has 5 aromatic rings. The van der Waals surface area contributed by atoms with Gasteiger partial charge in [0.1, 0.15) is 5.75 Å². The Kier molecular flexibility index (Phi) is 7.72. The minimum absolute atomic E-state index is 0.0662. The van der Waals surface area contributed by atoms with Crippen LogP contribution in [-0.2, 0) is 22.4 Å². The SMILES string of the molecule is CN(C)C(=O)C1(Cc2ccccc2)CCN(C(=O)Cc2ccc(-c3cccc(-c4cc5cnccc5[nH]4)c3O)cc2)CC1. The zero-order valence-corrected chi connectivity index (χ0v) is 24.6. The number of likely N-dealkylation sites (tertiary alicyclic amines) is 1. The number of aromatic hydroxyl groups is 1. The number of para-hydroxylation sites is 1. The lowest BCUT2D eigenvalue weighted by Gasteiger charge is -2.42. The van der Waals surface area contributed by atoms with Crippen molar-refractivity contribution in [1.82, 2.24) is 19.8 Å². The van der Waals surface area contributed by atoms with E-state index in [2.05, 4.69) is 22.1 Å². The minimum atomic E-state index is -0.496. The van der Waals surface area contributed by atoms with Crippen molar-refractivity contribution in [3.8, 4) is 28.1 Å². The molecule has 1 saturated heterocycles. The van der Waals surface area contributed by atoms with Gasteiger partial charge in [-0.05, 0) is 54.2 Å². The summed E-state index contributed by atoms with van der Waals surface area (Å²) in [5.41, 5.74) is 5.67. The number of aromatic nitrogens is 2. The van der Waals surface area contributed by atoms with Gasteiger partial charge in [0.2, 0.25) is 11.8 Å². The van der Waals surface area contributed by atoms with Gasteiger partial charge in [0, 0.05) is 61.6 Å². The van der Waals surface area contributed by atoms with Crippen molar-refractivity contribution in [1.29, 1.82) is 0 Å². The summed E-state index contributed by atoms with van der Waals surface area (Å²) in [5, 5.41) is 12.2. The molecule has 0 saturated carbocycles. The van der Waals surface area contributed by atoms with Crippen LogP contribution in [0.2, 0.25) is 0 Å². The first kappa shape index (κ1) is 28.2. The number of carbonyl (C=O) groups is 2. The van der Waals surface area contributed by atoms with E-state index in [0.717, 1.165) is 38.9 Å². The number of hydrogen-bond donors (Lipinski definition) is 2. The fraction of sp³-hybridized carbons (Fsp3) is 0.250. The fourth-order valence-electron chi connectivity index (χ4n) is 6.31. The summed E-state index contributed by atoms with van der Waals surface area (Å²) in [6.07, 6.45) is 5.80. The first-order chi connectivity index (χ1) is 20.8. The van der Waals surface area contributed by atoms with E-state index >= 15 is 0 Å². The summed E-state index contributed by atoms with van der Waals surface area (Å²) < 4.78 is 0. The molecule has 1 aliphatic heterocycles. The van der Waals surface area contributed by atoms with Crippen molar-refractivity contribution < 1.29 is 14.7 Å². The lowest BCUT2D eigenvalue weighted by molar-refractivity contribution is -0.146. The third kappa shape index (κ3) is 5.75. The maximum absolute atomic E-state index is 13.3. The van der Waals surface area contributed by atoms with Gasteiger partial charge in [0.15, 0.2) is 0 Å². The molecular formula is C36H36N4O3. The molecular weight excluding hydrogens is 536 g/mol. The largest absolute Gasteiger partial charge is 0.507 e. The number of pyridine rings is 1. The second kappa shape index (κ2) is 11.8. The Morgan fingerprint density at radius 1 is 0.907 bits per heavy atom. The number of rotatable bonds is 7. The number of amides is 2. The Morgan fingerprint density at radius 2 is 1.63 bits per heavy atom. The molecule has 1 aliphatic rings. The van der Waals surface area contributed by atoms with Crippen molar-refractivity contribution in [2.45, 2.75) is 25.7 Å². The van der Waals surface area contributed by atoms with E-state index in [0.29, 0.717) is 44.3 Å². The molecule has 0 aliphatic carbocycles. The van der Waals surface area contributed by atoms with E-state index in [-0.39, 0.29) is 17.6 Å². The van der Waals surface area contributed by atoms with E-state index in [9.17, 15) is 14.7 Å². The Bertz CT molecular complexity index is 1720. The van der Waals surface area contributed by atoms with Crippen molar-refractivity contribution in [3.63, 3.8) is 0 Å². The van der Waals surface area contributed by atoms with Gasteiger partial charge < -0.3 is 19.9 Å². The smallest absolute Gasteiger partial charge is 0.228 e. The van der Waals surface area contributed by atoms with Gasteiger partial charge in [-0.2, -0.15) is 0 Å². The van der Waals surface area contributed by atoms with Gasteiger partial charge >= 0.3 is 0 Å². The summed E-state index contributed by atoms with van der Waals surface area (Å²) in [5.74, 6) is 0.398. The first-order valence-corrected chi connectivity index (χ1v) is 14.7. The molecule has 0 radical (unpaired) electrons. The van der Waals surface area contributed by atoms with Gasteiger partial charge in [-0.1, -0.05) is 66.7 Å². The second-order valence-electron chi connectivity index (χ2n) is 11.7. The summed E-state index contributed by atoms with van der Waals surface area (Å²) in [7, 11) is 3.62. The number of fused-ring (bicyclic) bond motifs is 1. The lowest BCUT2D eigenvalue weighted by Crippen LogP contribution is -2.51. The molecule has 2 amide bonds. The molecule has 0 bridgehead atoms. The Hall–Kier alpha value is -4.91. The van der Waals surface area contributed by atoms with Crippen LogP contribution in [0, 0.1) is 5.41 Å². The predicted octanol–water partition coefficient (Wildman–Crippen LogP) is 6.08. The van der Waals surface area contributed by atoms with Gasteiger partial charge in [0.05, 0.1) is 17.5 Å². The molecule has 7 nitrogen and oxygen atoms in total. The van der Waals surface area contributed by atoms with E-state index in [1.165, 1.54) is 0 Å². The number of benzene rings is 3. The molecule has 1 fully saturated rings. The van der Waals surface area contributed by atoms with Gasteiger partial charge in [-0.3, -0.25) is 14.6 Å². The molecule has 3 aromatic carbocycles. The normalized spacial score (nSPS) is 14.5. The highest BCUT2D eigenvalue weighted by molar-refractivity contribution is 5.89. The Morgan fingerprint density at radius 3 is 2.33 bits per heavy atom. The second-order valence-corrected chi connectivity index (χ2v) is 11.7. The number of H-pyrrole nitrogens is 1. The number of aromatic amines is 1. The van der Waals surface area contributed by atoms with Crippen LogP contribution in [0.5, 0.6) is 5.75 Å². The fourth-order valence-corrected chi connectivity index (χ4v) is 6.31. The number of carbonyl (C=O) groups excluding carboxylic acids is 2. The third-order valence-electron chi connectivity index (χ3n) is 8.69. The molecule has 218 valence electrons. The first-order valence-electron chi connectivity index (χ1n) is 14.7. The average molecular weight is 573 g/mol. The zero-order chi connectivity index (χ0) is 30.0. The zero-order valence-electron chi connectivity index (χ0n) is 24.6. The van der Waals surface area contributed by atoms with Crippen LogP contribution in [0.15, 0.2) is 97.3 Å². The topological polar surface area (TPSA) is 89.5 Å². The highest BCUT2D eigenvalue weighted by Crippen LogP contribution is 2.39. The molecule has 0 spiro atoms. The Balaban J connectivity index is 1.13. The number of nitrogens with one attached hydrogen (secondary N) is 1. The van der Waals surface area contributed by atoms with Crippen LogP contribution in [0.25, 0.3) is 33.3 Å². The molecule has 0 atom stereocenters. The van der Waals surface area contributed by atoms with Crippen molar-refractivity contribution in [2.75, 3.05) is 27.2 Å². The molecule has 43 heavy (non-hydrogen) atoms. The summed E-state index contributed by atoms with van der Waals surface area (Å²) in [6, 6.07) is 27.6. The minimum Gasteiger partial charge on any atom is -0.507 e. The van der Waals surface area contributed by atoms with Gasteiger partial charge in [-0.25, -0.2) is 0 Å². The quantitative estimate of drug-likeness (QED) is 0.247. The predicted molar refractivity (Wildman–Crippen MR) is 169 cm³/mol. The highest BCUT2D eigenvalue weighted by atomic mass is 16.3. The van der Waals surface area contributed by atoms with Crippen LogP contribution in [0.1, 0.15) is 24.0 Å². The highest BCUT2D eigenvalue weighted by Gasteiger charge is 2.43. The van der Waals surface area contributed by atoms with E-state index in [4.69, 9.17) is 0 Å². The van der Waals surface area contributed by atoms with Gasteiger partial charge in [-0.15, -0.1) is 0 Å². The van der Waals surface area contributed by atoms with Crippen molar-refractivity contribution in [2.24, 2.45) is 5.41 Å². The van der Waals surface area contributed by atoms with Crippen molar-refractivity contribution in [3.05, 3.63) is 108 Å². The molecule has 3 heterocycles. The molecule has 0 unspecified atom stereocenters. The number of phenols is 1. The van der Waals surface area contributed by atoms with E-state index in [1.807, 2.05) is 91.8 Å². The van der Waals surface area contributed by atoms with E-state index in [1.54, 1.807) is 17.3 Å². The number of phenolic OH excluding ortho intramolecular Hbond substituents is 1. The molecule has 2 aromatic heterocycles. The maximum Gasteiger partial charge on any atom is 0.228 e. The average Bonchev–Trinajstić information content (AvgIpc) is 3.46. The van der Waals surface area contributed by atoms with Crippen LogP contribution >= 0.6 is 0 Å². The van der Waals surface area contributed by atoms with Crippen LogP contribution in [0.3, 0.4) is 0 Å². The number of hydrogen-bond acceptors (Lipinski definition) is 4. The van der Waals surface area contributed by atoms with Crippen molar-refractivity contribution >= 4 is 22.7 Å². The lowest BCUT2D eigenvalue weighted by atomic mass is 9.72. The van der Waals surface area contributed by atoms with Crippen LogP contribution < -0.4 is 0 Å². The molecule has 7 heteroatoms. The van der Waals surface area contributed by atoms with Crippen LogP contribution in [0.4, 0.5) is 0 Å². The summed E-state index contributed by atoms with van der Waals surface area (Å²) in [6.45, 7) is 1.13.